The monoisotopic (exact) mass is 256 g/mol. The van der Waals surface area contributed by atoms with Crippen molar-refractivity contribution in [1.82, 2.24) is 10.6 Å². The van der Waals surface area contributed by atoms with Crippen LogP contribution in [0.1, 0.15) is 52.4 Å². The molecule has 3 N–H and O–H groups in total. The zero-order valence-corrected chi connectivity index (χ0v) is 11.7. The lowest BCUT2D eigenvalue weighted by molar-refractivity contribution is 0.208. The molecule has 106 valence electrons. The number of urea groups is 1. The third-order valence-corrected chi connectivity index (χ3v) is 4.00. The van der Waals surface area contributed by atoms with Crippen LogP contribution in [0, 0.1) is 11.8 Å². The summed E-state index contributed by atoms with van der Waals surface area (Å²) in [6.45, 7) is 5.08. The fourth-order valence-electron chi connectivity index (χ4n) is 2.49. The molecular formula is C14H28N2O2. The fourth-order valence-corrected chi connectivity index (χ4v) is 2.49. The summed E-state index contributed by atoms with van der Waals surface area (Å²) in [5.74, 6) is 1.06. The van der Waals surface area contributed by atoms with Gasteiger partial charge in [0, 0.05) is 19.2 Å². The molecule has 1 aliphatic rings. The maximum Gasteiger partial charge on any atom is 0.315 e. The van der Waals surface area contributed by atoms with E-state index in [1.54, 1.807) is 0 Å². The van der Waals surface area contributed by atoms with E-state index in [4.69, 9.17) is 5.11 Å². The van der Waals surface area contributed by atoms with Gasteiger partial charge >= 0.3 is 6.03 Å². The van der Waals surface area contributed by atoms with Gasteiger partial charge in [0.2, 0.25) is 0 Å². The summed E-state index contributed by atoms with van der Waals surface area (Å²) in [4.78, 5) is 11.7. The van der Waals surface area contributed by atoms with Crippen LogP contribution in [0.3, 0.4) is 0 Å². The molecule has 0 heterocycles. The molecule has 0 bridgehead atoms. The maximum atomic E-state index is 11.7. The Labute approximate surface area is 111 Å². The molecule has 18 heavy (non-hydrogen) atoms. The van der Waals surface area contributed by atoms with Gasteiger partial charge in [0.25, 0.3) is 0 Å². The smallest absolute Gasteiger partial charge is 0.315 e. The average Bonchev–Trinajstić information content (AvgIpc) is 2.24. The van der Waals surface area contributed by atoms with Crippen molar-refractivity contribution in [2.75, 3.05) is 13.2 Å². The Bertz CT molecular complexity index is 236. The van der Waals surface area contributed by atoms with Crippen LogP contribution in [0.5, 0.6) is 0 Å². The second-order valence-electron chi connectivity index (χ2n) is 5.50. The lowest BCUT2D eigenvalue weighted by atomic mass is 9.80. The van der Waals surface area contributed by atoms with Crippen molar-refractivity contribution in [2.24, 2.45) is 11.8 Å². The molecule has 0 aromatic heterocycles. The second-order valence-corrected chi connectivity index (χ2v) is 5.50. The number of nitrogens with one attached hydrogen (secondary N) is 2. The first kappa shape index (κ1) is 15.3. The van der Waals surface area contributed by atoms with Gasteiger partial charge in [0.1, 0.15) is 0 Å². The van der Waals surface area contributed by atoms with Crippen LogP contribution < -0.4 is 10.6 Å². The van der Waals surface area contributed by atoms with Gasteiger partial charge in [-0.2, -0.15) is 0 Å². The molecule has 1 rings (SSSR count). The molecule has 0 aromatic carbocycles. The van der Waals surface area contributed by atoms with Crippen molar-refractivity contribution >= 4 is 6.03 Å². The van der Waals surface area contributed by atoms with Crippen LogP contribution in [-0.2, 0) is 0 Å². The molecule has 2 unspecified atom stereocenters. The first-order chi connectivity index (χ1) is 8.67. The van der Waals surface area contributed by atoms with E-state index in [9.17, 15) is 4.79 Å². The number of aliphatic hydroxyl groups is 1. The van der Waals surface area contributed by atoms with Crippen LogP contribution in [0.4, 0.5) is 4.79 Å². The minimum absolute atomic E-state index is 0.0616. The fraction of sp³-hybridized carbons (Fsp3) is 0.929. The third-order valence-electron chi connectivity index (χ3n) is 4.00. The molecule has 1 saturated carbocycles. The molecule has 1 fully saturated rings. The van der Waals surface area contributed by atoms with Crippen molar-refractivity contribution in [3.63, 3.8) is 0 Å². The van der Waals surface area contributed by atoms with Crippen LogP contribution >= 0.6 is 0 Å². The number of hydrogen-bond acceptors (Lipinski definition) is 2. The summed E-state index contributed by atoms with van der Waals surface area (Å²) in [5.41, 5.74) is 0. The van der Waals surface area contributed by atoms with Gasteiger partial charge in [-0.3, -0.25) is 0 Å². The lowest BCUT2D eigenvalue weighted by Gasteiger charge is -2.32. The predicted molar refractivity (Wildman–Crippen MR) is 73.4 cm³/mol. The van der Waals surface area contributed by atoms with Crippen LogP contribution in [0.25, 0.3) is 0 Å². The molecule has 4 nitrogen and oxygen atoms in total. The topological polar surface area (TPSA) is 61.4 Å². The summed E-state index contributed by atoms with van der Waals surface area (Å²) in [7, 11) is 0. The Morgan fingerprint density at radius 1 is 1.39 bits per heavy atom. The van der Waals surface area contributed by atoms with Gasteiger partial charge in [-0.1, -0.05) is 19.8 Å². The molecule has 4 heteroatoms. The van der Waals surface area contributed by atoms with E-state index in [0.29, 0.717) is 18.4 Å². The Kier molecular flexibility index (Phi) is 7.09. The van der Waals surface area contributed by atoms with E-state index in [-0.39, 0.29) is 18.7 Å². The summed E-state index contributed by atoms with van der Waals surface area (Å²) in [6, 6.07) is 0.217. The molecule has 1 aliphatic carbocycles. The van der Waals surface area contributed by atoms with Crippen LogP contribution in [0.15, 0.2) is 0 Å². The molecule has 0 aromatic rings. The number of aliphatic hydroxyl groups excluding tert-OH is 1. The Morgan fingerprint density at radius 2 is 2.11 bits per heavy atom. The highest BCUT2D eigenvalue weighted by Gasteiger charge is 2.24. The molecule has 0 spiro atoms. The molecule has 2 amide bonds. The zero-order chi connectivity index (χ0) is 13.4. The van der Waals surface area contributed by atoms with Crippen molar-refractivity contribution in [3.05, 3.63) is 0 Å². The second kappa shape index (κ2) is 8.35. The number of amides is 2. The lowest BCUT2D eigenvalue weighted by Crippen LogP contribution is -2.46. The van der Waals surface area contributed by atoms with Gasteiger partial charge < -0.3 is 15.7 Å². The minimum Gasteiger partial charge on any atom is -0.396 e. The highest BCUT2D eigenvalue weighted by atomic mass is 16.3. The summed E-state index contributed by atoms with van der Waals surface area (Å²) < 4.78 is 0. The van der Waals surface area contributed by atoms with E-state index in [2.05, 4.69) is 24.5 Å². The Morgan fingerprint density at radius 3 is 2.61 bits per heavy atom. The van der Waals surface area contributed by atoms with E-state index in [1.165, 1.54) is 19.3 Å². The van der Waals surface area contributed by atoms with E-state index in [0.717, 1.165) is 19.3 Å². The van der Waals surface area contributed by atoms with Crippen LogP contribution in [-0.4, -0.2) is 30.3 Å². The molecule has 0 radical (unpaired) electrons. The Balaban J connectivity index is 2.17. The average molecular weight is 256 g/mol. The van der Waals surface area contributed by atoms with Gasteiger partial charge in [0.05, 0.1) is 0 Å². The minimum atomic E-state index is -0.0616. The first-order valence-corrected chi connectivity index (χ1v) is 7.32. The standard InChI is InChI=1S/C14H28N2O2/c1-3-5-12(8-9-17)10-15-14(18)16-11(2)13-6-4-7-13/h11-13,17H,3-10H2,1-2H3,(H2,15,16,18). The van der Waals surface area contributed by atoms with Crippen molar-refractivity contribution < 1.29 is 9.90 Å². The largest absolute Gasteiger partial charge is 0.396 e. The summed E-state index contributed by atoms with van der Waals surface area (Å²) in [5, 5.41) is 14.9. The van der Waals surface area contributed by atoms with Gasteiger partial charge in [-0.15, -0.1) is 0 Å². The van der Waals surface area contributed by atoms with Crippen molar-refractivity contribution in [1.29, 1.82) is 0 Å². The van der Waals surface area contributed by atoms with Gasteiger partial charge in [-0.25, -0.2) is 4.79 Å². The summed E-state index contributed by atoms with van der Waals surface area (Å²) >= 11 is 0. The number of hydrogen-bond donors (Lipinski definition) is 3. The normalized spacial score (nSPS) is 18.8. The van der Waals surface area contributed by atoms with Crippen molar-refractivity contribution in [3.8, 4) is 0 Å². The SMILES string of the molecule is CCCC(CCO)CNC(=O)NC(C)C1CCC1. The maximum absolute atomic E-state index is 11.7. The summed E-state index contributed by atoms with van der Waals surface area (Å²) in [6.07, 6.45) is 6.69. The van der Waals surface area contributed by atoms with E-state index in [1.807, 2.05) is 0 Å². The third kappa shape index (κ3) is 5.25. The zero-order valence-electron chi connectivity index (χ0n) is 11.7. The quantitative estimate of drug-likeness (QED) is 0.624. The van der Waals surface area contributed by atoms with Crippen molar-refractivity contribution in [2.45, 2.75) is 58.4 Å². The number of carbonyl (C=O) groups excluding carboxylic acids is 1. The van der Waals surface area contributed by atoms with E-state index < -0.39 is 0 Å². The van der Waals surface area contributed by atoms with E-state index >= 15 is 0 Å². The predicted octanol–water partition coefficient (Wildman–Crippen LogP) is 2.27. The number of carbonyl (C=O) groups is 1. The molecular weight excluding hydrogens is 228 g/mol. The molecule has 0 aliphatic heterocycles. The molecule has 2 atom stereocenters. The first-order valence-electron chi connectivity index (χ1n) is 7.32. The number of rotatable bonds is 8. The highest BCUT2D eigenvalue weighted by Crippen LogP contribution is 2.29. The highest BCUT2D eigenvalue weighted by molar-refractivity contribution is 5.74. The van der Waals surface area contributed by atoms with Gasteiger partial charge in [-0.05, 0) is 44.4 Å². The molecule has 0 saturated heterocycles. The van der Waals surface area contributed by atoms with Crippen LogP contribution in [0.2, 0.25) is 0 Å². The van der Waals surface area contributed by atoms with Gasteiger partial charge in [0.15, 0.2) is 0 Å². The Hall–Kier alpha value is -0.770.